The van der Waals surface area contributed by atoms with Crippen molar-refractivity contribution >= 4 is 50.5 Å². The zero-order chi connectivity index (χ0) is 26.0. The van der Waals surface area contributed by atoms with Crippen LogP contribution in [0.4, 0.5) is 16.0 Å². The minimum absolute atomic E-state index is 0.0811. The number of thiazole rings is 2. The number of nitrogen functional groups attached to an aromatic ring is 2. The van der Waals surface area contributed by atoms with Crippen molar-refractivity contribution in [2.75, 3.05) is 29.9 Å². The Morgan fingerprint density at radius 2 is 1.54 bits per heavy atom. The van der Waals surface area contributed by atoms with Crippen molar-refractivity contribution in [1.82, 2.24) is 15.3 Å². The van der Waals surface area contributed by atoms with Crippen LogP contribution in [-0.4, -0.2) is 34.9 Å². The van der Waals surface area contributed by atoms with E-state index in [1.54, 1.807) is 10.8 Å². The predicted molar refractivity (Wildman–Crippen MR) is 147 cm³/mol. The van der Waals surface area contributed by atoms with Crippen molar-refractivity contribution in [2.24, 2.45) is 0 Å². The molecule has 192 valence electrons. The number of ether oxygens (including phenoxy) is 1. The number of esters is 1. The molecule has 0 unspecified atom stereocenters. The second-order valence-electron chi connectivity index (χ2n) is 8.30. The SMILES string of the molecule is Nc1nc(CC(=O)Nc2ccc(CCNC[C@H](OC(=O)Cc3csc(N)n3)c3ccccc3)cc2)cs1. The Morgan fingerprint density at radius 1 is 0.892 bits per heavy atom. The van der Waals surface area contributed by atoms with Gasteiger partial charge in [-0.25, -0.2) is 9.97 Å². The van der Waals surface area contributed by atoms with Crippen LogP contribution < -0.4 is 22.1 Å². The summed E-state index contributed by atoms with van der Waals surface area (Å²) in [5.74, 6) is -0.490. The number of benzene rings is 2. The minimum Gasteiger partial charge on any atom is -0.456 e. The van der Waals surface area contributed by atoms with E-state index in [0.717, 1.165) is 23.2 Å². The van der Waals surface area contributed by atoms with Crippen LogP contribution in [0, 0.1) is 0 Å². The van der Waals surface area contributed by atoms with Gasteiger partial charge in [0.1, 0.15) is 6.10 Å². The summed E-state index contributed by atoms with van der Waals surface area (Å²) in [6.45, 7) is 1.17. The van der Waals surface area contributed by atoms with Crippen LogP contribution in [0.5, 0.6) is 0 Å². The first-order valence-electron chi connectivity index (χ1n) is 11.7. The molecule has 37 heavy (non-hydrogen) atoms. The van der Waals surface area contributed by atoms with Gasteiger partial charge in [0, 0.05) is 23.0 Å². The van der Waals surface area contributed by atoms with E-state index in [4.69, 9.17) is 16.2 Å². The summed E-state index contributed by atoms with van der Waals surface area (Å²) < 4.78 is 5.77. The van der Waals surface area contributed by atoms with Gasteiger partial charge in [0.25, 0.3) is 0 Å². The molecular weight excluding hydrogens is 508 g/mol. The highest BCUT2D eigenvalue weighted by Crippen LogP contribution is 2.19. The third-order valence-corrected chi connectivity index (χ3v) is 6.85. The summed E-state index contributed by atoms with van der Waals surface area (Å²) in [5.41, 5.74) is 15.3. The lowest BCUT2D eigenvalue weighted by Crippen LogP contribution is -2.27. The number of aromatic nitrogens is 2. The van der Waals surface area contributed by atoms with Crippen molar-refractivity contribution in [3.8, 4) is 0 Å². The van der Waals surface area contributed by atoms with Crippen molar-refractivity contribution in [2.45, 2.75) is 25.4 Å². The zero-order valence-corrected chi connectivity index (χ0v) is 21.7. The molecule has 11 heteroatoms. The molecule has 1 amide bonds. The highest BCUT2D eigenvalue weighted by molar-refractivity contribution is 7.13. The number of hydrogen-bond donors (Lipinski definition) is 4. The smallest absolute Gasteiger partial charge is 0.312 e. The van der Waals surface area contributed by atoms with Crippen LogP contribution in [0.25, 0.3) is 0 Å². The molecule has 6 N–H and O–H groups in total. The molecule has 2 aromatic heterocycles. The summed E-state index contributed by atoms with van der Waals surface area (Å²) in [5, 5.41) is 10.7. The van der Waals surface area contributed by atoms with E-state index in [1.165, 1.54) is 22.7 Å². The molecule has 0 saturated heterocycles. The average Bonchev–Trinajstić information content (AvgIpc) is 3.49. The van der Waals surface area contributed by atoms with Gasteiger partial charge in [-0.15, -0.1) is 22.7 Å². The Kier molecular flexibility index (Phi) is 9.19. The number of anilines is 3. The highest BCUT2D eigenvalue weighted by Gasteiger charge is 2.18. The molecule has 4 rings (SSSR count). The van der Waals surface area contributed by atoms with E-state index in [9.17, 15) is 9.59 Å². The molecular formula is C26H28N6O3S2. The van der Waals surface area contributed by atoms with E-state index in [1.807, 2.05) is 54.6 Å². The Morgan fingerprint density at radius 3 is 2.16 bits per heavy atom. The quantitative estimate of drug-likeness (QED) is 0.159. The van der Waals surface area contributed by atoms with Crippen molar-refractivity contribution < 1.29 is 14.3 Å². The third-order valence-electron chi connectivity index (χ3n) is 5.41. The molecule has 0 spiro atoms. The summed E-state index contributed by atoms with van der Waals surface area (Å²) >= 11 is 2.62. The maximum absolute atomic E-state index is 12.5. The monoisotopic (exact) mass is 536 g/mol. The minimum atomic E-state index is -0.421. The second kappa shape index (κ2) is 12.9. The Labute approximate surface area is 222 Å². The van der Waals surface area contributed by atoms with Crippen LogP contribution >= 0.6 is 22.7 Å². The number of nitrogens with one attached hydrogen (secondary N) is 2. The third kappa shape index (κ3) is 8.38. The van der Waals surface area contributed by atoms with Gasteiger partial charge in [-0.1, -0.05) is 42.5 Å². The summed E-state index contributed by atoms with van der Waals surface area (Å²) in [4.78, 5) is 33.0. The van der Waals surface area contributed by atoms with E-state index < -0.39 is 6.10 Å². The molecule has 2 aromatic carbocycles. The summed E-state index contributed by atoms with van der Waals surface area (Å²) in [6, 6.07) is 17.4. The highest BCUT2D eigenvalue weighted by atomic mass is 32.1. The molecule has 0 aliphatic rings. The normalized spacial score (nSPS) is 11.7. The van der Waals surface area contributed by atoms with Gasteiger partial charge < -0.3 is 26.8 Å². The van der Waals surface area contributed by atoms with Gasteiger partial charge in [0.05, 0.1) is 24.2 Å². The standard InChI is InChI=1S/C26H28N6O3S2/c27-25-31-20(15-36-25)12-23(33)30-19-8-6-17(7-9-19)10-11-29-14-22(18-4-2-1-3-5-18)35-24(34)13-21-16-37-26(28)32-21/h1-9,15-16,22,29H,10-14H2,(H2,27,31)(H2,28,32)(H,30,33)/t22-/m0/s1. The molecule has 0 saturated carbocycles. The number of nitrogens with zero attached hydrogens (tertiary/aromatic N) is 2. The van der Waals surface area contributed by atoms with Gasteiger partial charge >= 0.3 is 5.97 Å². The van der Waals surface area contributed by atoms with E-state index in [0.29, 0.717) is 34.7 Å². The number of carbonyl (C=O) groups excluding carboxylic acids is 2. The van der Waals surface area contributed by atoms with Gasteiger partial charge in [0.2, 0.25) is 5.91 Å². The lowest BCUT2D eigenvalue weighted by Gasteiger charge is -2.19. The molecule has 2 heterocycles. The number of rotatable bonds is 12. The van der Waals surface area contributed by atoms with Crippen LogP contribution in [-0.2, 0) is 33.6 Å². The van der Waals surface area contributed by atoms with Crippen molar-refractivity contribution in [3.63, 3.8) is 0 Å². The molecule has 1 atom stereocenters. The zero-order valence-electron chi connectivity index (χ0n) is 20.1. The van der Waals surface area contributed by atoms with Gasteiger partial charge in [0.15, 0.2) is 10.3 Å². The number of carbonyl (C=O) groups is 2. The fourth-order valence-electron chi connectivity index (χ4n) is 3.64. The van der Waals surface area contributed by atoms with Gasteiger partial charge in [-0.05, 0) is 36.2 Å². The topological polar surface area (TPSA) is 145 Å². The number of hydrogen-bond acceptors (Lipinski definition) is 10. The Hall–Kier alpha value is -3.80. The fourth-order valence-corrected chi connectivity index (χ4v) is 4.77. The predicted octanol–water partition coefficient (Wildman–Crippen LogP) is 3.60. The van der Waals surface area contributed by atoms with Gasteiger partial charge in [-0.3, -0.25) is 9.59 Å². The van der Waals surface area contributed by atoms with Crippen LogP contribution in [0.15, 0.2) is 65.4 Å². The molecule has 0 radical (unpaired) electrons. The lowest BCUT2D eigenvalue weighted by molar-refractivity contribution is -0.148. The van der Waals surface area contributed by atoms with Crippen LogP contribution in [0.3, 0.4) is 0 Å². The first-order chi connectivity index (χ1) is 17.9. The van der Waals surface area contributed by atoms with E-state index >= 15 is 0 Å². The maximum atomic E-state index is 12.5. The van der Waals surface area contributed by atoms with Crippen LogP contribution in [0.2, 0.25) is 0 Å². The van der Waals surface area contributed by atoms with Crippen molar-refractivity contribution in [3.05, 3.63) is 87.9 Å². The first kappa shape index (κ1) is 26.3. The maximum Gasteiger partial charge on any atom is 0.312 e. The number of nitrogens with two attached hydrogens (primary N) is 2. The Balaban J connectivity index is 1.24. The molecule has 0 aliphatic heterocycles. The molecule has 0 fully saturated rings. The molecule has 9 nitrogen and oxygen atoms in total. The molecule has 0 bridgehead atoms. The molecule has 0 aliphatic carbocycles. The molecule has 4 aromatic rings. The lowest BCUT2D eigenvalue weighted by atomic mass is 10.1. The largest absolute Gasteiger partial charge is 0.456 e. The average molecular weight is 537 g/mol. The second-order valence-corrected chi connectivity index (χ2v) is 10.1. The Bertz CT molecular complexity index is 1310. The number of amides is 1. The first-order valence-corrected chi connectivity index (χ1v) is 13.4. The summed E-state index contributed by atoms with van der Waals surface area (Å²) in [7, 11) is 0. The summed E-state index contributed by atoms with van der Waals surface area (Å²) in [6.07, 6.45) is 0.623. The van der Waals surface area contributed by atoms with E-state index in [2.05, 4.69) is 20.6 Å². The van der Waals surface area contributed by atoms with Gasteiger partial charge in [-0.2, -0.15) is 0 Å². The van der Waals surface area contributed by atoms with Crippen LogP contribution in [0.1, 0.15) is 28.6 Å². The fraction of sp³-hybridized carbons (Fsp3) is 0.231. The van der Waals surface area contributed by atoms with Crippen molar-refractivity contribution in [1.29, 1.82) is 0 Å². The van der Waals surface area contributed by atoms with E-state index in [-0.39, 0.29) is 24.7 Å².